The Bertz CT molecular complexity index is 391. The van der Waals surface area contributed by atoms with E-state index in [1.165, 1.54) is 6.92 Å². The molecule has 17 heavy (non-hydrogen) atoms. The van der Waals surface area contributed by atoms with Crippen LogP contribution in [-0.4, -0.2) is 19.4 Å². The van der Waals surface area contributed by atoms with Crippen LogP contribution in [0.1, 0.15) is 17.2 Å². The second kappa shape index (κ2) is 5.00. The lowest BCUT2D eigenvalue weighted by Crippen LogP contribution is -2.41. The fourth-order valence-electron chi connectivity index (χ4n) is 1.55. The summed E-state index contributed by atoms with van der Waals surface area (Å²) in [6, 6.07) is 1.34. The molecule has 0 saturated carbocycles. The summed E-state index contributed by atoms with van der Waals surface area (Å²) >= 11 is 0. The Morgan fingerprint density at radius 2 is 1.82 bits per heavy atom. The molecule has 1 N–H and O–H groups in total. The maximum atomic E-state index is 13.2. The third-order valence-corrected chi connectivity index (χ3v) is 2.48. The van der Waals surface area contributed by atoms with Crippen molar-refractivity contribution in [3.8, 4) is 0 Å². The summed E-state index contributed by atoms with van der Waals surface area (Å²) in [6.07, 6.45) is -3.79. The Morgan fingerprint density at radius 1 is 1.24 bits per heavy atom. The molecule has 1 aromatic carbocycles. The molecule has 96 valence electrons. The summed E-state index contributed by atoms with van der Waals surface area (Å²) in [5.41, 5.74) is 0.0597. The minimum absolute atomic E-state index is 0.0725. The summed E-state index contributed by atoms with van der Waals surface area (Å²) in [6.45, 7) is 1.38. The summed E-state index contributed by atoms with van der Waals surface area (Å²) in [7, 11) is 1.15. The number of hydrogen-bond acceptors (Lipinski definition) is 1. The number of nitrogens with one attached hydrogen (secondary N) is 1. The van der Waals surface area contributed by atoms with Crippen molar-refractivity contribution < 1.29 is 22.0 Å². The summed E-state index contributed by atoms with van der Waals surface area (Å²) in [5.74, 6) is -4.78. The normalized spacial score (nSPS) is 14.1. The molecule has 1 unspecified atom stereocenters. The van der Waals surface area contributed by atoms with Crippen molar-refractivity contribution >= 4 is 0 Å². The van der Waals surface area contributed by atoms with Crippen LogP contribution in [0.2, 0.25) is 0 Å². The molecular weight excluding hydrogens is 241 g/mol. The molecule has 6 heteroatoms. The highest BCUT2D eigenvalue weighted by atomic mass is 19.3. The fraction of sp³-hybridized carbons (Fsp3) is 0.455. The highest BCUT2D eigenvalue weighted by molar-refractivity contribution is 5.28. The van der Waals surface area contributed by atoms with Gasteiger partial charge in [-0.15, -0.1) is 0 Å². The highest BCUT2D eigenvalue weighted by Crippen LogP contribution is 2.36. The van der Waals surface area contributed by atoms with Crippen LogP contribution in [0, 0.1) is 12.7 Å². The molecule has 0 spiro atoms. The molecule has 0 aromatic heterocycles. The number of halogens is 5. The van der Waals surface area contributed by atoms with Gasteiger partial charge in [-0.2, -0.15) is 8.78 Å². The Hall–Kier alpha value is -1.17. The molecule has 0 aliphatic heterocycles. The minimum Gasteiger partial charge on any atom is -0.308 e. The van der Waals surface area contributed by atoms with E-state index in [0.29, 0.717) is 0 Å². The topological polar surface area (TPSA) is 12.0 Å². The van der Waals surface area contributed by atoms with E-state index < -0.39 is 24.2 Å². The van der Waals surface area contributed by atoms with Gasteiger partial charge in [0.15, 0.2) is 0 Å². The van der Waals surface area contributed by atoms with Crippen LogP contribution in [0.3, 0.4) is 0 Å². The number of rotatable bonds is 4. The van der Waals surface area contributed by atoms with Gasteiger partial charge in [-0.25, -0.2) is 13.2 Å². The standard InChI is InChI=1S/C11H12F5N/c1-6-5-7(3-4-8(6)12)9(17-2)11(15,16)10(13)14/h3-5,9-10,17H,1-2H3. The second-order valence-corrected chi connectivity index (χ2v) is 3.71. The Balaban J connectivity index is 3.14. The molecule has 0 bridgehead atoms. The van der Waals surface area contributed by atoms with Crippen molar-refractivity contribution in [1.82, 2.24) is 5.32 Å². The third-order valence-electron chi connectivity index (χ3n) is 2.48. The first-order valence-electron chi connectivity index (χ1n) is 4.90. The molecule has 1 aromatic rings. The lowest BCUT2D eigenvalue weighted by Gasteiger charge is -2.26. The van der Waals surface area contributed by atoms with Gasteiger partial charge in [-0.05, 0) is 31.2 Å². The molecule has 0 amide bonds. The smallest absolute Gasteiger partial charge is 0.308 e. The van der Waals surface area contributed by atoms with E-state index in [1.807, 2.05) is 0 Å². The van der Waals surface area contributed by atoms with E-state index in [-0.39, 0.29) is 11.1 Å². The second-order valence-electron chi connectivity index (χ2n) is 3.71. The van der Waals surface area contributed by atoms with Crippen molar-refractivity contribution in [3.05, 3.63) is 35.1 Å². The van der Waals surface area contributed by atoms with Crippen LogP contribution < -0.4 is 5.32 Å². The molecule has 1 atom stereocenters. The Morgan fingerprint density at radius 3 is 2.24 bits per heavy atom. The number of hydrogen-bond donors (Lipinski definition) is 1. The molecule has 0 radical (unpaired) electrons. The maximum absolute atomic E-state index is 13.2. The van der Waals surface area contributed by atoms with Gasteiger partial charge in [-0.3, -0.25) is 0 Å². The number of aryl methyl sites for hydroxylation is 1. The zero-order valence-electron chi connectivity index (χ0n) is 9.28. The van der Waals surface area contributed by atoms with Gasteiger partial charge in [0.25, 0.3) is 0 Å². The largest absolute Gasteiger partial charge is 0.326 e. The van der Waals surface area contributed by atoms with E-state index in [1.54, 1.807) is 0 Å². The van der Waals surface area contributed by atoms with Gasteiger partial charge in [0.1, 0.15) is 11.9 Å². The van der Waals surface area contributed by atoms with E-state index in [2.05, 4.69) is 5.32 Å². The summed E-state index contributed by atoms with van der Waals surface area (Å²) < 4.78 is 63.9. The molecule has 0 heterocycles. The zero-order chi connectivity index (χ0) is 13.2. The van der Waals surface area contributed by atoms with E-state index in [4.69, 9.17) is 0 Å². The average molecular weight is 253 g/mol. The van der Waals surface area contributed by atoms with Crippen molar-refractivity contribution in [2.45, 2.75) is 25.3 Å². The summed E-state index contributed by atoms with van der Waals surface area (Å²) in [5, 5.41) is 2.13. The molecule has 0 fully saturated rings. The predicted molar refractivity (Wildman–Crippen MR) is 53.9 cm³/mol. The SMILES string of the molecule is CNC(c1ccc(F)c(C)c1)C(F)(F)C(F)F. The first-order valence-corrected chi connectivity index (χ1v) is 4.90. The van der Waals surface area contributed by atoms with Crippen LogP contribution in [0.4, 0.5) is 22.0 Å². The van der Waals surface area contributed by atoms with E-state index in [0.717, 1.165) is 25.2 Å². The maximum Gasteiger partial charge on any atom is 0.326 e. The monoisotopic (exact) mass is 253 g/mol. The zero-order valence-corrected chi connectivity index (χ0v) is 9.28. The van der Waals surface area contributed by atoms with Crippen molar-refractivity contribution in [3.63, 3.8) is 0 Å². The number of alkyl halides is 4. The summed E-state index contributed by atoms with van der Waals surface area (Å²) in [4.78, 5) is 0. The molecule has 0 aliphatic rings. The quantitative estimate of drug-likeness (QED) is 0.812. The van der Waals surface area contributed by atoms with Gasteiger partial charge in [0.2, 0.25) is 0 Å². The van der Waals surface area contributed by atoms with Gasteiger partial charge in [0.05, 0.1) is 0 Å². The number of benzene rings is 1. The van der Waals surface area contributed by atoms with Crippen molar-refractivity contribution in [1.29, 1.82) is 0 Å². The predicted octanol–water partition coefficient (Wildman–Crippen LogP) is 3.30. The highest BCUT2D eigenvalue weighted by Gasteiger charge is 2.48. The van der Waals surface area contributed by atoms with E-state index in [9.17, 15) is 22.0 Å². The lowest BCUT2D eigenvalue weighted by atomic mass is 9.99. The van der Waals surface area contributed by atoms with Gasteiger partial charge in [0, 0.05) is 0 Å². The Labute approximate surface area is 95.6 Å². The first-order chi connectivity index (χ1) is 7.80. The van der Waals surface area contributed by atoms with Gasteiger partial charge >= 0.3 is 12.3 Å². The van der Waals surface area contributed by atoms with Crippen LogP contribution in [0.5, 0.6) is 0 Å². The molecule has 1 rings (SSSR count). The van der Waals surface area contributed by atoms with Crippen LogP contribution in [0.25, 0.3) is 0 Å². The fourth-order valence-corrected chi connectivity index (χ4v) is 1.55. The molecule has 0 saturated heterocycles. The van der Waals surface area contributed by atoms with Crippen LogP contribution >= 0.6 is 0 Å². The van der Waals surface area contributed by atoms with Crippen LogP contribution in [0.15, 0.2) is 18.2 Å². The van der Waals surface area contributed by atoms with E-state index >= 15 is 0 Å². The molecule has 1 nitrogen and oxygen atoms in total. The van der Waals surface area contributed by atoms with Gasteiger partial charge in [-0.1, -0.05) is 12.1 Å². The van der Waals surface area contributed by atoms with Crippen molar-refractivity contribution in [2.24, 2.45) is 0 Å². The lowest BCUT2D eigenvalue weighted by molar-refractivity contribution is -0.150. The third kappa shape index (κ3) is 2.74. The van der Waals surface area contributed by atoms with Crippen molar-refractivity contribution in [2.75, 3.05) is 7.05 Å². The Kier molecular flexibility index (Phi) is 4.08. The van der Waals surface area contributed by atoms with Gasteiger partial charge < -0.3 is 5.32 Å². The first kappa shape index (κ1) is 13.9. The average Bonchev–Trinajstić information content (AvgIpc) is 2.23. The molecular formula is C11H12F5N. The minimum atomic E-state index is -4.21. The molecule has 0 aliphatic carbocycles. The van der Waals surface area contributed by atoms with Crippen LogP contribution in [-0.2, 0) is 0 Å².